The van der Waals surface area contributed by atoms with Crippen molar-refractivity contribution in [3.63, 3.8) is 0 Å². The Morgan fingerprint density at radius 2 is 1.92 bits per heavy atom. The molecular formula is C18H25N3O5. The highest BCUT2D eigenvalue weighted by atomic mass is 16.5. The predicted molar refractivity (Wildman–Crippen MR) is 94.7 cm³/mol. The molecule has 1 atom stereocenters. The average molecular weight is 363 g/mol. The Hall–Kier alpha value is -2.32. The quantitative estimate of drug-likeness (QED) is 0.742. The molecular weight excluding hydrogens is 338 g/mol. The van der Waals surface area contributed by atoms with E-state index in [1.54, 1.807) is 34.5 Å². The molecule has 1 aliphatic heterocycles. The number of benzene rings is 1. The molecule has 0 bridgehead atoms. The van der Waals surface area contributed by atoms with Crippen molar-refractivity contribution in [1.82, 2.24) is 15.0 Å². The Labute approximate surface area is 153 Å². The van der Waals surface area contributed by atoms with Crippen LogP contribution < -0.4 is 14.2 Å². The molecule has 2 aromatic rings. The third-order valence-corrected chi connectivity index (χ3v) is 4.57. The van der Waals surface area contributed by atoms with Crippen molar-refractivity contribution in [2.45, 2.75) is 25.5 Å². The summed E-state index contributed by atoms with van der Waals surface area (Å²) in [5, 5.41) is 4.11. The van der Waals surface area contributed by atoms with E-state index in [1.807, 2.05) is 6.07 Å². The highest BCUT2D eigenvalue weighted by Crippen LogP contribution is 2.43. The topological polar surface area (TPSA) is 79.1 Å². The molecule has 8 heteroatoms. The molecule has 1 aromatic heterocycles. The third-order valence-electron chi connectivity index (χ3n) is 4.57. The summed E-state index contributed by atoms with van der Waals surface area (Å²) in [4.78, 5) is 6.79. The van der Waals surface area contributed by atoms with Gasteiger partial charge in [-0.15, -0.1) is 0 Å². The van der Waals surface area contributed by atoms with Gasteiger partial charge in [0.05, 0.1) is 39.5 Å². The number of piperidine rings is 1. The fourth-order valence-electron chi connectivity index (χ4n) is 3.25. The van der Waals surface area contributed by atoms with E-state index >= 15 is 0 Å². The maximum atomic E-state index is 5.50. The van der Waals surface area contributed by atoms with Crippen molar-refractivity contribution in [2.75, 3.05) is 41.5 Å². The molecule has 26 heavy (non-hydrogen) atoms. The van der Waals surface area contributed by atoms with Gasteiger partial charge in [-0.2, -0.15) is 4.98 Å². The van der Waals surface area contributed by atoms with Gasteiger partial charge in [-0.3, -0.25) is 4.90 Å². The third kappa shape index (κ3) is 3.76. The number of hydrogen-bond donors (Lipinski definition) is 0. The fourth-order valence-corrected chi connectivity index (χ4v) is 3.25. The van der Waals surface area contributed by atoms with Crippen LogP contribution in [-0.4, -0.2) is 62.7 Å². The van der Waals surface area contributed by atoms with Gasteiger partial charge in [0, 0.05) is 13.7 Å². The number of ether oxygens (including phenoxy) is 4. The van der Waals surface area contributed by atoms with Gasteiger partial charge in [-0.05, 0) is 31.5 Å². The summed E-state index contributed by atoms with van der Waals surface area (Å²) in [6.45, 7) is 2.47. The van der Waals surface area contributed by atoms with Crippen molar-refractivity contribution in [3.05, 3.63) is 18.0 Å². The Bertz CT molecular complexity index is 734. The number of aromatic nitrogens is 2. The van der Waals surface area contributed by atoms with Crippen LogP contribution in [0.2, 0.25) is 0 Å². The zero-order valence-electron chi connectivity index (χ0n) is 15.7. The zero-order valence-corrected chi connectivity index (χ0v) is 15.7. The summed E-state index contributed by atoms with van der Waals surface area (Å²) in [5.41, 5.74) is 0.688. The van der Waals surface area contributed by atoms with Crippen LogP contribution in [-0.2, 0) is 11.3 Å². The molecule has 2 heterocycles. The van der Waals surface area contributed by atoms with Gasteiger partial charge in [0.15, 0.2) is 11.5 Å². The second-order valence-electron chi connectivity index (χ2n) is 6.13. The van der Waals surface area contributed by atoms with Gasteiger partial charge in [0.1, 0.15) is 0 Å². The van der Waals surface area contributed by atoms with Crippen LogP contribution in [0.5, 0.6) is 17.2 Å². The van der Waals surface area contributed by atoms with E-state index in [4.69, 9.17) is 23.5 Å². The lowest BCUT2D eigenvalue weighted by Crippen LogP contribution is -2.38. The molecule has 1 aromatic carbocycles. The molecule has 3 rings (SSSR count). The van der Waals surface area contributed by atoms with Crippen LogP contribution in [0, 0.1) is 0 Å². The van der Waals surface area contributed by atoms with E-state index in [0.717, 1.165) is 25.9 Å². The molecule has 1 aliphatic rings. The standard InChI is InChI=1S/C18H25N3O5/c1-22-12-6-5-9-21(10-12)11-15-19-18(20-26-15)13-7-8-14(23-2)17(25-4)16(13)24-3/h7-8,12H,5-6,9-11H2,1-4H3/t12-/m1/s1. The molecule has 0 spiro atoms. The first-order chi connectivity index (χ1) is 12.7. The second kappa shape index (κ2) is 8.37. The zero-order chi connectivity index (χ0) is 18.5. The van der Waals surface area contributed by atoms with Crippen molar-refractivity contribution in [2.24, 2.45) is 0 Å². The fraction of sp³-hybridized carbons (Fsp3) is 0.556. The van der Waals surface area contributed by atoms with Crippen LogP contribution in [0.15, 0.2) is 16.7 Å². The SMILES string of the molecule is COc1ccc(-c2noc(CN3CCC[C@@H](OC)C3)n2)c(OC)c1OC. The smallest absolute Gasteiger partial charge is 0.241 e. The molecule has 1 fully saturated rings. The van der Waals surface area contributed by atoms with Crippen LogP contribution in [0.1, 0.15) is 18.7 Å². The number of likely N-dealkylation sites (tertiary alicyclic amines) is 1. The highest BCUT2D eigenvalue weighted by molar-refractivity contribution is 5.71. The Morgan fingerprint density at radius 3 is 2.62 bits per heavy atom. The lowest BCUT2D eigenvalue weighted by atomic mass is 10.1. The first-order valence-electron chi connectivity index (χ1n) is 8.57. The second-order valence-corrected chi connectivity index (χ2v) is 6.13. The van der Waals surface area contributed by atoms with Gasteiger partial charge >= 0.3 is 0 Å². The molecule has 0 amide bonds. The maximum absolute atomic E-state index is 5.50. The van der Waals surface area contributed by atoms with Gasteiger partial charge in [-0.25, -0.2) is 0 Å². The highest BCUT2D eigenvalue weighted by Gasteiger charge is 2.23. The minimum absolute atomic E-state index is 0.261. The molecule has 0 radical (unpaired) electrons. The summed E-state index contributed by atoms with van der Waals surface area (Å²) >= 11 is 0. The lowest BCUT2D eigenvalue weighted by molar-refractivity contribution is 0.0251. The summed E-state index contributed by atoms with van der Waals surface area (Å²) in [5.74, 6) is 2.61. The van der Waals surface area contributed by atoms with E-state index < -0.39 is 0 Å². The van der Waals surface area contributed by atoms with E-state index in [0.29, 0.717) is 41.1 Å². The van der Waals surface area contributed by atoms with E-state index in [9.17, 15) is 0 Å². The average Bonchev–Trinajstić information content (AvgIpc) is 3.14. The normalized spacial score (nSPS) is 17.9. The molecule has 1 saturated heterocycles. The van der Waals surface area contributed by atoms with Gasteiger partial charge in [0.25, 0.3) is 0 Å². The van der Waals surface area contributed by atoms with E-state index in [-0.39, 0.29) is 6.10 Å². The van der Waals surface area contributed by atoms with Gasteiger partial charge in [-0.1, -0.05) is 5.16 Å². The Balaban J connectivity index is 1.81. The molecule has 0 N–H and O–H groups in total. The van der Waals surface area contributed by atoms with Gasteiger partial charge < -0.3 is 23.5 Å². The minimum atomic E-state index is 0.261. The lowest BCUT2D eigenvalue weighted by Gasteiger charge is -2.30. The van der Waals surface area contributed by atoms with Crippen LogP contribution in [0.4, 0.5) is 0 Å². The largest absolute Gasteiger partial charge is 0.493 e. The summed E-state index contributed by atoms with van der Waals surface area (Å²) < 4.78 is 27.1. The number of hydrogen-bond acceptors (Lipinski definition) is 8. The first-order valence-corrected chi connectivity index (χ1v) is 8.57. The van der Waals surface area contributed by atoms with Crippen LogP contribution >= 0.6 is 0 Å². The van der Waals surface area contributed by atoms with Crippen molar-refractivity contribution in [3.8, 4) is 28.6 Å². The first kappa shape index (κ1) is 18.5. The van der Waals surface area contributed by atoms with Crippen molar-refractivity contribution in [1.29, 1.82) is 0 Å². The number of nitrogens with zero attached hydrogens (tertiary/aromatic N) is 3. The maximum Gasteiger partial charge on any atom is 0.241 e. The van der Waals surface area contributed by atoms with Gasteiger partial charge in [0.2, 0.25) is 17.5 Å². The van der Waals surface area contributed by atoms with Crippen molar-refractivity contribution >= 4 is 0 Å². The monoisotopic (exact) mass is 363 g/mol. The number of methoxy groups -OCH3 is 4. The predicted octanol–water partition coefficient (Wildman–Crippen LogP) is 2.37. The van der Waals surface area contributed by atoms with Crippen LogP contribution in [0.3, 0.4) is 0 Å². The molecule has 0 unspecified atom stereocenters. The Kier molecular flexibility index (Phi) is 5.95. The summed E-state index contributed by atoms with van der Waals surface area (Å²) in [6, 6.07) is 3.62. The molecule has 0 aliphatic carbocycles. The van der Waals surface area contributed by atoms with E-state index in [2.05, 4.69) is 15.0 Å². The molecule has 8 nitrogen and oxygen atoms in total. The van der Waals surface area contributed by atoms with Crippen molar-refractivity contribution < 1.29 is 23.5 Å². The van der Waals surface area contributed by atoms with E-state index in [1.165, 1.54) is 0 Å². The molecule has 142 valence electrons. The minimum Gasteiger partial charge on any atom is -0.493 e. The number of rotatable bonds is 7. The molecule has 0 saturated carbocycles. The Morgan fingerprint density at radius 1 is 1.12 bits per heavy atom. The summed E-state index contributed by atoms with van der Waals surface area (Å²) in [6.07, 6.45) is 2.45. The summed E-state index contributed by atoms with van der Waals surface area (Å²) in [7, 11) is 6.46. The van der Waals surface area contributed by atoms with Crippen LogP contribution in [0.25, 0.3) is 11.4 Å².